The van der Waals surface area contributed by atoms with Crippen LogP contribution >= 0.6 is 0 Å². The van der Waals surface area contributed by atoms with E-state index in [0.29, 0.717) is 11.7 Å². The third-order valence-electron chi connectivity index (χ3n) is 7.29. The van der Waals surface area contributed by atoms with E-state index in [0.717, 1.165) is 52.2 Å². The second kappa shape index (κ2) is 6.90. The van der Waals surface area contributed by atoms with Crippen molar-refractivity contribution >= 4 is 27.5 Å². The maximum absolute atomic E-state index is 10.4. The highest BCUT2D eigenvalue weighted by Crippen LogP contribution is 2.53. The van der Waals surface area contributed by atoms with Crippen molar-refractivity contribution < 1.29 is 5.11 Å². The number of aryl methyl sites for hydroxylation is 1. The summed E-state index contributed by atoms with van der Waals surface area (Å²) < 4.78 is 4.01. The van der Waals surface area contributed by atoms with Crippen LogP contribution in [-0.2, 0) is 12.0 Å². The second-order valence-corrected chi connectivity index (χ2v) is 9.19. The van der Waals surface area contributed by atoms with E-state index in [1.54, 1.807) is 0 Å². The normalized spacial score (nSPS) is 14.9. The molecule has 7 rings (SSSR count). The summed E-state index contributed by atoms with van der Waals surface area (Å²) in [5, 5.41) is 13.5. The Bertz CT molecular complexity index is 1720. The summed E-state index contributed by atoms with van der Waals surface area (Å²) in [7, 11) is 0. The lowest BCUT2D eigenvalue weighted by molar-refractivity contribution is 0.427. The smallest absolute Gasteiger partial charge is 0.233 e. The molecule has 0 atom stereocenters. The third-order valence-corrected chi connectivity index (χ3v) is 7.29. The molecular weight excluding hydrogens is 422 g/mol. The van der Waals surface area contributed by atoms with Gasteiger partial charge in [-0.1, -0.05) is 18.2 Å². The summed E-state index contributed by atoms with van der Waals surface area (Å²) in [5.74, 6) is 1.03. The molecule has 4 heterocycles. The average Bonchev–Trinajstić information content (AvgIpc) is 3.47. The predicted molar refractivity (Wildman–Crippen MR) is 133 cm³/mol. The zero-order valence-electron chi connectivity index (χ0n) is 18.8. The minimum absolute atomic E-state index is 0.0438. The Morgan fingerprint density at radius 3 is 2.65 bits per heavy atom. The highest BCUT2D eigenvalue weighted by Gasteiger charge is 2.48. The Kier molecular flexibility index (Phi) is 3.92. The van der Waals surface area contributed by atoms with Gasteiger partial charge in [-0.15, -0.1) is 0 Å². The van der Waals surface area contributed by atoms with Gasteiger partial charge < -0.3 is 9.67 Å². The molecule has 1 aliphatic rings. The molecule has 34 heavy (non-hydrogen) atoms. The highest BCUT2D eigenvalue weighted by atomic mass is 16.3. The SMILES string of the molecule is CCn1cc2cc(-c3cnc4ncc(C5(c6ccc7ncccc7c6)CC5)n4c3)ccc2c1O. The number of benzene rings is 2. The number of pyridine rings is 1. The summed E-state index contributed by atoms with van der Waals surface area (Å²) >= 11 is 0. The van der Waals surface area contributed by atoms with Crippen LogP contribution in [0.2, 0.25) is 0 Å². The Morgan fingerprint density at radius 1 is 0.912 bits per heavy atom. The largest absolute Gasteiger partial charge is 0.494 e. The molecule has 0 saturated heterocycles. The maximum Gasteiger partial charge on any atom is 0.233 e. The minimum atomic E-state index is -0.0438. The molecule has 4 aromatic heterocycles. The van der Waals surface area contributed by atoms with Crippen LogP contribution in [0.3, 0.4) is 0 Å². The first-order valence-corrected chi connectivity index (χ1v) is 11.7. The molecule has 0 spiro atoms. The minimum Gasteiger partial charge on any atom is -0.494 e. The first kappa shape index (κ1) is 19.3. The number of hydrogen-bond acceptors (Lipinski definition) is 4. The third kappa shape index (κ3) is 2.71. The number of imidazole rings is 1. The van der Waals surface area contributed by atoms with Gasteiger partial charge in [0.05, 0.1) is 17.4 Å². The van der Waals surface area contributed by atoms with Gasteiger partial charge in [-0.2, -0.15) is 0 Å². The Hall–Kier alpha value is -4.19. The number of nitrogens with zero attached hydrogens (tertiary/aromatic N) is 5. The van der Waals surface area contributed by atoms with Gasteiger partial charge in [-0.3, -0.25) is 9.38 Å². The molecule has 2 aromatic carbocycles. The molecule has 0 bridgehead atoms. The second-order valence-electron chi connectivity index (χ2n) is 9.19. The van der Waals surface area contributed by atoms with Gasteiger partial charge in [-0.25, -0.2) is 9.97 Å². The van der Waals surface area contributed by atoms with Gasteiger partial charge in [0.15, 0.2) is 5.88 Å². The van der Waals surface area contributed by atoms with Crippen molar-refractivity contribution in [2.24, 2.45) is 0 Å². The molecule has 166 valence electrons. The van der Waals surface area contributed by atoms with E-state index in [-0.39, 0.29) is 5.41 Å². The fourth-order valence-corrected chi connectivity index (χ4v) is 5.25. The maximum atomic E-state index is 10.4. The molecule has 0 aliphatic heterocycles. The van der Waals surface area contributed by atoms with Gasteiger partial charge in [-0.05, 0) is 61.2 Å². The van der Waals surface area contributed by atoms with Crippen LogP contribution in [-0.4, -0.2) is 29.0 Å². The monoisotopic (exact) mass is 445 g/mol. The first-order chi connectivity index (χ1) is 16.7. The van der Waals surface area contributed by atoms with Crippen LogP contribution in [0.4, 0.5) is 0 Å². The van der Waals surface area contributed by atoms with Gasteiger partial charge in [0, 0.05) is 58.5 Å². The average molecular weight is 446 g/mol. The molecule has 6 nitrogen and oxygen atoms in total. The Morgan fingerprint density at radius 2 is 1.79 bits per heavy atom. The van der Waals surface area contributed by atoms with Crippen molar-refractivity contribution in [3.63, 3.8) is 0 Å². The number of hydrogen-bond donors (Lipinski definition) is 1. The predicted octanol–water partition coefficient (Wildman–Crippen LogP) is 5.70. The van der Waals surface area contributed by atoms with Crippen molar-refractivity contribution in [3.05, 3.63) is 90.8 Å². The number of rotatable bonds is 4. The standard InChI is InChI=1S/C28H23N5O/c1-2-32-16-20-12-18(5-7-23(20)26(32)34)21-14-30-27-31-15-25(33(27)17-21)28(9-10-28)22-6-8-24-19(13-22)4-3-11-29-24/h3-8,11-17,34H,2,9-10H2,1H3. The summed E-state index contributed by atoms with van der Waals surface area (Å²) in [4.78, 5) is 13.8. The van der Waals surface area contributed by atoms with Crippen LogP contribution in [0.15, 0.2) is 79.5 Å². The van der Waals surface area contributed by atoms with Crippen LogP contribution in [0.25, 0.3) is 38.6 Å². The Balaban J connectivity index is 1.35. The highest BCUT2D eigenvalue weighted by molar-refractivity contribution is 5.91. The van der Waals surface area contributed by atoms with Crippen LogP contribution in [0.1, 0.15) is 31.0 Å². The number of aromatic hydroxyl groups is 1. The Labute approximate surface area is 196 Å². The lowest BCUT2D eigenvalue weighted by Crippen LogP contribution is -2.12. The molecule has 0 amide bonds. The molecule has 1 N–H and O–H groups in total. The molecule has 0 radical (unpaired) electrons. The fraction of sp³-hybridized carbons (Fsp3) is 0.179. The van der Waals surface area contributed by atoms with Gasteiger partial charge in [0.25, 0.3) is 0 Å². The molecule has 1 fully saturated rings. The van der Waals surface area contributed by atoms with E-state index in [9.17, 15) is 5.11 Å². The van der Waals surface area contributed by atoms with Crippen LogP contribution < -0.4 is 0 Å². The van der Waals surface area contributed by atoms with Crippen LogP contribution in [0, 0.1) is 0 Å². The summed E-state index contributed by atoms with van der Waals surface area (Å²) in [6.45, 7) is 2.76. The molecule has 1 saturated carbocycles. The van der Waals surface area contributed by atoms with E-state index in [4.69, 9.17) is 0 Å². The van der Waals surface area contributed by atoms with E-state index >= 15 is 0 Å². The molecule has 6 aromatic rings. The van der Waals surface area contributed by atoms with E-state index < -0.39 is 0 Å². The van der Waals surface area contributed by atoms with Crippen molar-refractivity contribution in [3.8, 4) is 17.0 Å². The zero-order valence-corrected chi connectivity index (χ0v) is 18.8. The number of aromatic nitrogens is 5. The summed E-state index contributed by atoms with van der Waals surface area (Å²) in [6, 6.07) is 16.8. The van der Waals surface area contributed by atoms with Gasteiger partial charge in [0.2, 0.25) is 5.78 Å². The van der Waals surface area contributed by atoms with E-state index in [2.05, 4.69) is 55.9 Å². The lowest BCUT2D eigenvalue weighted by Gasteiger charge is -2.16. The topological polar surface area (TPSA) is 68.2 Å². The van der Waals surface area contributed by atoms with Crippen molar-refractivity contribution in [2.75, 3.05) is 0 Å². The summed E-state index contributed by atoms with van der Waals surface area (Å²) in [6.07, 6.45) is 12.0. The van der Waals surface area contributed by atoms with E-state index in [1.807, 2.05) is 54.5 Å². The van der Waals surface area contributed by atoms with Crippen molar-refractivity contribution in [2.45, 2.75) is 31.7 Å². The van der Waals surface area contributed by atoms with Gasteiger partial charge in [0.1, 0.15) is 0 Å². The van der Waals surface area contributed by atoms with Crippen LogP contribution in [0.5, 0.6) is 5.88 Å². The van der Waals surface area contributed by atoms with Crippen molar-refractivity contribution in [1.29, 1.82) is 0 Å². The summed E-state index contributed by atoms with van der Waals surface area (Å²) in [5.41, 5.74) is 5.54. The first-order valence-electron chi connectivity index (χ1n) is 11.7. The van der Waals surface area contributed by atoms with Gasteiger partial charge >= 0.3 is 0 Å². The molecule has 1 aliphatic carbocycles. The molecule has 6 heteroatoms. The zero-order chi connectivity index (χ0) is 22.9. The van der Waals surface area contributed by atoms with E-state index in [1.165, 1.54) is 11.3 Å². The molecule has 0 unspecified atom stereocenters. The molecular formula is C28H23N5O. The fourth-order valence-electron chi connectivity index (χ4n) is 5.25. The van der Waals surface area contributed by atoms with Crippen molar-refractivity contribution in [1.82, 2.24) is 23.9 Å². The number of fused-ring (bicyclic) bond motifs is 3. The quantitative estimate of drug-likeness (QED) is 0.378. The lowest BCUT2D eigenvalue weighted by atomic mass is 9.91.